The normalized spacial score (nSPS) is 12.2. The van der Waals surface area contributed by atoms with E-state index < -0.39 is 0 Å². The van der Waals surface area contributed by atoms with Gasteiger partial charge in [-0.15, -0.1) is 0 Å². The second-order valence-electron chi connectivity index (χ2n) is 5.57. The average Bonchev–Trinajstić information content (AvgIpc) is 2.68. The average molecular weight is 262 g/mol. The second kappa shape index (κ2) is 5.72. The van der Waals surface area contributed by atoms with Gasteiger partial charge in [0.1, 0.15) is 5.52 Å². The molecule has 0 aliphatic rings. The van der Waals surface area contributed by atoms with Crippen LogP contribution in [0.5, 0.6) is 0 Å². The van der Waals surface area contributed by atoms with Crippen molar-refractivity contribution in [2.75, 3.05) is 13.2 Å². The summed E-state index contributed by atoms with van der Waals surface area (Å²) in [6, 6.07) is 6.13. The Labute approximate surface area is 113 Å². The topological polar surface area (TPSA) is 58.3 Å². The lowest BCUT2D eigenvalue weighted by atomic mass is 10.0. The Morgan fingerprint density at radius 1 is 1.37 bits per heavy atom. The van der Waals surface area contributed by atoms with Crippen molar-refractivity contribution in [3.63, 3.8) is 0 Å². The highest BCUT2D eigenvalue weighted by atomic mass is 16.3. The molecule has 0 saturated heterocycles. The van der Waals surface area contributed by atoms with Gasteiger partial charge in [0, 0.05) is 19.1 Å². The minimum atomic E-state index is -0.0245. The van der Waals surface area contributed by atoms with E-state index in [1.165, 1.54) is 5.56 Å². The van der Waals surface area contributed by atoms with Crippen LogP contribution in [0.2, 0.25) is 0 Å². The van der Waals surface area contributed by atoms with E-state index in [9.17, 15) is 0 Å². The number of aromatic nitrogens is 1. The summed E-state index contributed by atoms with van der Waals surface area (Å²) in [4.78, 5) is 4.34. The smallest absolute Gasteiger partial charge is 0.192 e. The number of aliphatic hydroxyl groups excluding tert-OH is 1. The summed E-state index contributed by atoms with van der Waals surface area (Å²) in [5.74, 6) is 0.703. The number of aliphatic hydroxyl groups is 1. The van der Waals surface area contributed by atoms with Gasteiger partial charge in [-0.25, -0.2) is 4.98 Å². The predicted octanol–water partition coefficient (Wildman–Crippen LogP) is 2.43. The molecule has 0 aliphatic carbocycles. The molecule has 19 heavy (non-hydrogen) atoms. The molecule has 0 spiro atoms. The lowest BCUT2D eigenvalue weighted by molar-refractivity contribution is 0.231. The Hall–Kier alpha value is -1.39. The SMILES string of the molecule is Cc1nc2cc(CCNC(C)(C)CCO)ccc2o1. The van der Waals surface area contributed by atoms with E-state index >= 15 is 0 Å². The summed E-state index contributed by atoms with van der Waals surface area (Å²) in [6.45, 7) is 7.17. The number of aryl methyl sites for hydroxylation is 1. The zero-order valence-electron chi connectivity index (χ0n) is 11.9. The van der Waals surface area contributed by atoms with Crippen molar-refractivity contribution in [1.82, 2.24) is 10.3 Å². The van der Waals surface area contributed by atoms with Crippen LogP contribution in [-0.4, -0.2) is 28.8 Å². The second-order valence-corrected chi connectivity index (χ2v) is 5.57. The number of fused-ring (bicyclic) bond motifs is 1. The zero-order valence-corrected chi connectivity index (χ0v) is 11.9. The molecule has 2 rings (SSSR count). The number of rotatable bonds is 6. The summed E-state index contributed by atoms with van der Waals surface area (Å²) in [7, 11) is 0. The zero-order chi connectivity index (χ0) is 13.9. The third-order valence-electron chi connectivity index (χ3n) is 3.31. The van der Waals surface area contributed by atoms with Crippen molar-refractivity contribution in [3.8, 4) is 0 Å². The van der Waals surface area contributed by atoms with E-state index in [4.69, 9.17) is 9.52 Å². The van der Waals surface area contributed by atoms with Gasteiger partial charge in [0.15, 0.2) is 11.5 Å². The van der Waals surface area contributed by atoms with Gasteiger partial charge in [0.25, 0.3) is 0 Å². The molecule has 2 N–H and O–H groups in total. The third kappa shape index (κ3) is 3.78. The summed E-state index contributed by atoms with van der Waals surface area (Å²) in [5, 5.41) is 12.4. The monoisotopic (exact) mass is 262 g/mol. The van der Waals surface area contributed by atoms with E-state index in [0.717, 1.165) is 30.5 Å². The van der Waals surface area contributed by atoms with E-state index in [1.807, 2.05) is 13.0 Å². The van der Waals surface area contributed by atoms with E-state index in [1.54, 1.807) is 0 Å². The van der Waals surface area contributed by atoms with E-state index in [2.05, 4.69) is 36.3 Å². The fourth-order valence-corrected chi connectivity index (χ4v) is 2.16. The first-order valence-electron chi connectivity index (χ1n) is 6.72. The van der Waals surface area contributed by atoms with Crippen molar-refractivity contribution >= 4 is 11.1 Å². The fraction of sp³-hybridized carbons (Fsp3) is 0.533. The number of nitrogens with zero attached hydrogens (tertiary/aromatic N) is 1. The number of oxazole rings is 1. The Morgan fingerprint density at radius 3 is 2.89 bits per heavy atom. The molecule has 4 nitrogen and oxygen atoms in total. The molecule has 1 heterocycles. The molecule has 4 heteroatoms. The standard InChI is InChI=1S/C15H22N2O2/c1-11-17-13-10-12(4-5-14(13)19-11)6-8-16-15(2,3)7-9-18/h4-5,10,16,18H,6-9H2,1-3H3. The molecule has 0 amide bonds. The molecular formula is C15H22N2O2. The molecule has 104 valence electrons. The first-order chi connectivity index (χ1) is 9.00. The lowest BCUT2D eigenvalue weighted by Crippen LogP contribution is -2.41. The van der Waals surface area contributed by atoms with Crippen LogP contribution in [0.15, 0.2) is 22.6 Å². The van der Waals surface area contributed by atoms with Crippen molar-refractivity contribution in [2.24, 2.45) is 0 Å². The van der Waals surface area contributed by atoms with Crippen LogP contribution in [-0.2, 0) is 6.42 Å². The van der Waals surface area contributed by atoms with Gasteiger partial charge < -0.3 is 14.8 Å². The van der Waals surface area contributed by atoms with Gasteiger partial charge in [-0.05, 0) is 50.9 Å². The van der Waals surface area contributed by atoms with Crippen molar-refractivity contribution in [3.05, 3.63) is 29.7 Å². The lowest BCUT2D eigenvalue weighted by Gasteiger charge is -2.25. The summed E-state index contributed by atoms with van der Waals surface area (Å²) in [5.41, 5.74) is 2.98. The number of hydrogen-bond donors (Lipinski definition) is 2. The molecule has 0 radical (unpaired) electrons. The summed E-state index contributed by atoms with van der Waals surface area (Å²) in [6.07, 6.45) is 1.70. The van der Waals surface area contributed by atoms with Crippen molar-refractivity contribution < 1.29 is 9.52 Å². The number of hydrogen-bond acceptors (Lipinski definition) is 4. The molecular weight excluding hydrogens is 240 g/mol. The molecule has 0 fully saturated rings. The van der Waals surface area contributed by atoms with Gasteiger partial charge in [-0.1, -0.05) is 6.07 Å². The highest BCUT2D eigenvalue weighted by Gasteiger charge is 2.15. The number of nitrogens with one attached hydrogen (secondary N) is 1. The highest BCUT2D eigenvalue weighted by molar-refractivity contribution is 5.73. The first-order valence-corrected chi connectivity index (χ1v) is 6.72. The maximum Gasteiger partial charge on any atom is 0.192 e. The number of benzene rings is 1. The first kappa shape index (κ1) is 14.0. The Balaban J connectivity index is 1.94. The Bertz CT molecular complexity index is 546. The van der Waals surface area contributed by atoms with Gasteiger partial charge in [-0.3, -0.25) is 0 Å². The molecule has 1 aromatic carbocycles. The van der Waals surface area contributed by atoms with Crippen LogP contribution < -0.4 is 5.32 Å². The van der Waals surface area contributed by atoms with Crippen molar-refractivity contribution in [2.45, 2.75) is 39.2 Å². The van der Waals surface area contributed by atoms with Gasteiger partial charge in [-0.2, -0.15) is 0 Å². The maximum absolute atomic E-state index is 8.98. The van der Waals surface area contributed by atoms with Crippen molar-refractivity contribution in [1.29, 1.82) is 0 Å². The third-order valence-corrected chi connectivity index (χ3v) is 3.31. The summed E-state index contributed by atoms with van der Waals surface area (Å²) < 4.78 is 5.46. The van der Waals surface area contributed by atoms with Gasteiger partial charge in [0.2, 0.25) is 0 Å². The quantitative estimate of drug-likeness (QED) is 0.839. The molecule has 0 saturated carbocycles. The predicted molar refractivity (Wildman–Crippen MR) is 76.2 cm³/mol. The summed E-state index contributed by atoms with van der Waals surface area (Å²) >= 11 is 0. The molecule has 0 bridgehead atoms. The fourth-order valence-electron chi connectivity index (χ4n) is 2.16. The Kier molecular flexibility index (Phi) is 4.22. The van der Waals surface area contributed by atoms with Gasteiger partial charge in [0.05, 0.1) is 0 Å². The van der Waals surface area contributed by atoms with Crippen LogP contribution in [0.25, 0.3) is 11.1 Å². The highest BCUT2D eigenvalue weighted by Crippen LogP contribution is 2.17. The minimum Gasteiger partial charge on any atom is -0.441 e. The minimum absolute atomic E-state index is 0.0245. The molecule has 0 unspecified atom stereocenters. The van der Waals surface area contributed by atoms with Crippen LogP contribution in [0.3, 0.4) is 0 Å². The van der Waals surface area contributed by atoms with Gasteiger partial charge >= 0.3 is 0 Å². The largest absolute Gasteiger partial charge is 0.441 e. The van der Waals surface area contributed by atoms with Crippen LogP contribution in [0, 0.1) is 6.92 Å². The molecule has 0 atom stereocenters. The molecule has 2 aromatic rings. The molecule has 1 aromatic heterocycles. The van der Waals surface area contributed by atoms with Crippen LogP contribution >= 0.6 is 0 Å². The maximum atomic E-state index is 8.98. The van der Waals surface area contributed by atoms with Crippen LogP contribution in [0.4, 0.5) is 0 Å². The Morgan fingerprint density at radius 2 is 2.16 bits per heavy atom. The molecule has 0 aliphatic heterocycles. The van der Waals surface area contributed by atoms with Crippen LogP contribution in [0.1, 0.15) is 31.7 Å². The van der Waals surface area contributed by atoms with E-state index in [-0.39, 0.29) is 12.1 Å². The van der Waals surface area contributed by atoms with E-state index in [0.29, 0.717) is 5.89 Å².